The van der Waals surface area contributed by atoms with Crippen molar-refractivity contribution in [2.24, 2.45) is 0 Å². The normalized spacial score (nSPS) is 10.9. The number of carbonyl (C=O) groups is 1. The molecule has 0 atom stereocenters. The monoisotopic (exact) mass is 415 g/mol. The lowest BCUT2D eigenvalue weighted by molar-refractivity contribution is -0.134. The number of nitrogens with zero attached hydrogens (tertiary/aromatic N) is 2. The molecule has 5 N–H and O–H groups in total. The van der Waals surface area contributed by atoms with E-state index in [1.165, 1.54) is 24.3 Å². The molecule has 0 aliphatic heterocycles. The lowest BCUT2D eigenvalue weighted by Gasteiger charge is -2.12. The lowest BCUT2D eigenvalue weighted by Crippen LogP contribution is -2.16. The predicted molar refractivity (Wildman–Crippen MR) is 107 cm³/mol. The number of carboxylic acids is 1. The molecular formula is C18H17N5O5S. The first-order chi connectivity index (χ1) is 13.8. The van der Waals surface area contributed by atoms with Gasteiger partial charge in [0.1, 0.15) is 6.54 Å². The molecule has 1 aromatic heterocycles. The van der Waals surface area contributed by atoms with E-state index in [-0.39, 0.29) is 17.4 Å². The van der Waals surface area contributed by atoms with Crippen LogP contribution < -0.4 is 16.2 Å². The minimum absolute atomic E-state index is 0.125. The van der Waals surface area contributed by atoms with Gasteiger partial charge in [-0.05, 0) is 24.3 Å². The third kappa shape index (κ3) is 5.64. The molecule has 0 radical (unpaired) electrons. The maximum absolute atomic E-state index is 11.1. The second-order valence-corrected chi connectivity index (χ2v) is 7.25. The Labute approximate surface area is 166 Å². The Bertz CT molecular complexity index is 1110. The number of nitrogens with one attached hydrogen (secondary N) is 3. The van der Waals surface area contributed by atoms with Gasteiger partial charge in [0, 0.05) is 11.6 Å². The van der Waals surface area contributed by atoms with Crippen LogP contribution in [0.1, 0.15) is 0 Å². The van der Waals surface area contributed by atoms with Crippen LogP contribution in [0.15, 0.2) is 65.6 Å². The summed E-state index contributed by atoms with van der Waals surface area (Å²) >= 11 is 0. The zero-order valence-electron chi connectivity index (χ0n) is 14.9. The highest BCUT2D eigenvalue weighted by Crippen LogP contribution is 2.21. The van der Waals surface area contributed by atoms with Crippen LogP contribution in [0.5, 0.6) is 0 Å². The standard InChI is InChI=1S/C18H17N5O5S/c24-17(25)11-19-18-20-15(12-4-2-1-3-5-12)10-16(21-18)23-22-13-6-8-14(9-7-13)29(26,27)28/h1-10,22H,11H2,(H,24,25)(H,26,27,28)(H2,19,20,21,23). The highest BCUT2D eigenvalue weighted by molar-refractivity contribution is 7.85. The molecule has 10 nitrogen and oxygen atoms in total. The Morgan fingerprint density at radius 3 is 2.28 bits per heavy atom. The van der Waals surface area contributed by atoms with Crippen LogP contribution in [-0.4, -0.2) is 40.6 Å². The molecule has 0 bridgehead atoms. The van der Waals surface area contributed by atoms with Gasteiger partial charge in [0.2, 0.25) is 5.95 Å². The molecule has 0 fully saturated rings. The van der Waals surface area contributed by atoms with Crippen molar-refractivity contribution >= 4 is 33.5 Å². The number of aliphatic carboxylic acids is 1. The summed E-state index contributed by atoms with van der Waals surface area (Å²) in [6.45, 7) is -0.345. The number of hydrogen-bond donors (Lipinski definition) is 5. The number of hydrazine groups is 1. The van der Waals surface area contributed by atoms with Crippen molar-refractivity contribution < 1.29 is 22.9 Å². The maximum atomic E-state index is 11.1. The molecule has 0 unspecified atom stereocenters. The van der Waals surface area contributed by atoms with E-state index in [0.717, 1.165) is 5.56 Å². The van der Waals surface area contributed by atoms with Gasteiger partial charge in [-0.15, -0.1) is 0 Å². The Morgan fingerprint density at radius 1 is 0.966 bits per heavy atom. The predicted octanol–water partition coefficient (Wildman–Crippen LogP) is 2.33. The highest BCUT2D eigenvalue weighted by Gasteiger charge is 2.10. The Balaban J connectivity index is 1.81. The van der Waals surface area contributed by atoms with Gasteiger partial charge in [-0.25, -0.2) is 4.98 Å². The third-order valence-corrected chi connectivity index (χ3v) is 4.55. The van der Waals surface area contributed by atoms with E-state index in [0.29, 0.717) is 17.2 Å². The molecule has 0 aliphatic carbocycles. The number of aromatic nitrogens is 2. The summed E-state index contributed by atoms with van der Waals surface area (Å²) in [5.41, 5.74) is 7.60. The van der Waals surface area contributed by atoms with Crippen LogP contribution in [0.4, 0.5) is 17.5 Å². The van der Waals surface area contributed by atoms with Gasteiger partial charge in [-0.2, -0.15) is 13.4 Å². The number of carboxylic acid groups (broad SMARTS) is 1. The van der Waals surface area contributed by atoms with Crippen molar-refractivity contribution in [1.29, 1.82) is 0 Å². The van der Waals surface area contributed by atoms with Crippen molar-refractivity contribution in [3.63, 3.8) is 0 Å². The van der Waals surface area contributed by atoms with Crippen molar-refractivity contribution in [2.45, 2.75) is 4.90 Å². The van der Waals surface area contributed by atoms with E-state index < -0.39 is 16.1 Å². The molecule has 0 spiro atoms. The second kappa shape index (κ2) is 8.54. The van der Waals surface area contributed by atoms with E-state index in [1.54, 1.807) is 6.07 Å². The van der Waals surface area contributed by atoms with Crippen molar-refractivity contribution in [3.05, 3.63) is 60.7 Å². The quantitative estimate of drug-likeness (QED) is 0.273. The van der Waals surface area contributed by atoms with Crippen LogP contribution >= 0.6 is 0 Å². The van der Waals surface area contributed by atoms with Gasteiger partial charge in [-0.1, -0.05) is 30.3 Å². The smallest absolute Gasteiger partial charge is 0.322 e. The van der Waals surface area contributed by atoms with Gasteiger partial charge in [0.15, 0.2) is 5.82 Å². The molecule has 3 rings (SSSR count). The summed E-state index contributed by atoms with van der Waals surface area (Å²) < 4.78 is 31.2. The summed E-state index contributed by atoms with van der Waals surface area (Å²) in [4.78, 5) is 19.1. The van der Waals surface area contributed by atoms with Crippen molar-refractivity contribution in [1.82, 2.24) is 9.97 Å². The van der Waals surface area contributed by atoms with Crippen LogP contribution in [0, 0.1) is 0 Å². The average Bonchev–Trinajstić information content (AvgIpc) is 2.71. The van der Waals surface area contributed by atoms with Crippen LogP contribution in [0.2, 0.25) is 0 Å². The first kappa shape index (κ1) is 20.0. The van der Waals surface area contributed by atoms with E-state index >= 15 is 0 Å². The summed E-state index contributed by atoms with van der Waals surface area (Å²) in [5, 5.41) is 11.5. The number of hydrogen-bond acceptors (Lipinski definition) is 8. The zero-order chi connectivity index (χ0) is 20.9. The van der Waals surface area contributed by atoms with Crippen molar-refractivity contribution in [2.75, 3.05) is 22.7 Å². The summed E-state index contributed by atoms with van der Waals surface area (Å²) in [6, 6.07) is 16.4. The second-order valence-electron chi connectivity index (χ2n) is 5.82. The lowest BCUT2D eigenvalue weighted by atomic mass is 10.1. The molecular weight excluding hydrogens is 398 g/mol. The zero-order valence-corrected chi connectivity index (χ0v) is 15.7. The molecule has 1 heterocycles. The Morgan fingerprint density at radius 2 is 1.66 bits per heavy atom. The van der Waals surface area contributed by atoms with E-state index in [2.05, 4.69) is 26.1 Å². The summed E-state index contributed by atoms with van der Waals surface area (Å²) in [6.07, 6.45) is 0. The number of benzene rings is 2. The van der Waals surface area contributed by atoms with Gasteiger partial charge in [-0.3, -0.25) is 20.2 Å². The van der Waals surface area contributed by atoms with Gasteiger partial charge in [0.25, 0.3) is 10.1 Å². The largest absolute Gasteiger partial charge is 0.480 e. The molecule has 2 aromatic carbocycles. The topological polar surface area (TPSA) is 154 Å². The Hall–Kier alpha value is -3.70. The number of rotatable bonds is 8. The summed E-state index contributed by atoms with van der Waals surface area (Å²) in [7, 11) is -4.27. The molecule has 11 heteroatoms. The SMILES string of the molecule is O=C(O)CNc1nc(NNc2ccc(S(=O)(=O)O)cc2)cc(-c2ccccc2)n1. The fourth-order valence-electron chi connectivity index (χ4n) is 2.35. The van der Waals surface area contributed by atoms with Gasteiger partial charge in [0.05, 0.1) is 16.3 Å². The number of anilines is 3. The first-order valence-electron chi connectivity index (χ1n) is 8.31. The fraction of sp³-hybridized carbons (Fsp3) is 0.0556. The van der Waals surface area contributed by atoms with Gasteiger partial charge < -0.3 is 10.4 Å². The van der Waals surface area contributed by atoms with Crippen LogP contribution in [0.3, 0.4) is 0 Å². The average molecular weight is 415 g/mol. The minimum atomic E-state index is -4.27. The first-order valence-corrected chi connectivity index (χ1v) is 9.75. The van der Waals surface area contributed by atoms with Crippen LogP contribution in [-0.2, 0) is 14.9 Å². The molecule has 0 amide bonds. The Kier molecular flexibility index (Phi) is 5.90. The minimum Gasteiger partial charge on any atom is -0.480 e. The van der Waals surface area contributed by atoms with E-state index in [9.17, 15) is 13.2 Å². The summed E-state index contributed by atoms with van der Waals surface area (Å²) in [5.74, 6) is -0.573. The van der Waals surface area contributed by atoms with E-state index in [1.807, 2.05) is 30.3 Å². The molecule has 3 aromatic rings. The fourth-order valence-corrected chi connectivity index (χ4v) is 2.83. The van der Waals surface area contributed by atoms with Crippen molar-refractivity contribution in [3.8, 4) is 11.3 Å². The van der Waals surface area contributed by atoms with Crippen LogP contribution in [0.25, 0.3) is 11.3 Å². The molecule has 0 saturated heterocycles. The molecule has 0 saturated carbocycles. The van der Waals surface area contributed by atoms with E-state index in [4.69, 9.17) is 9.66 Å². The highest BCUT2D eigenvalue weighted by atomic mass is 32.2. The maximum Gasteiger partial charge on any atom is 0.322 e. The molecule has 29 heavy (non-hydrogen) atoms. The molecule has 0 aliphatic rings. The third-order valence-electron chi connectivity index (χ3n) is 3.68. The van der Waals surface area contributed by atoms with Gasteiger partial charge >= 0.3 is 5.97 Å². The molecule has 150 valence electrons.